The molecule has 0 spiro atoms. The number of aryl methyl sites for hydroxylation is 1. The number of aromatic hydroxyl groups is 1. The van der Waals surface area contributed by atoms with Crippen LogP contribution in [0.1, 0.15) is 27.0 Å². The third-order valence-electron chi connectivity index (χ3n) is 3.92. The number of hydrazone groups is 1. The highest BCUT2D eigenvalue weighted by molar-refractivity contribution is 5.94. The molecule has 0 unspecified atom stereocenters. The van der Waals surface area contributed by atoms with Crippen molar-refractivity contribution in [2.45, 2.75) is 13.5 Å². The van der Waals surface area contributed by atoms with E-state index >= 15 is 0 Å². The molecule has 0 atom stereocenters. The minimum absolute atomic E-state index is 0.183. The fourth-order valence-electron chi connectivity index (χ4n) is 2.34. The molecule has 5 nitrogen and oxygen atoms in total. The van der Waals surface area contributed by atoms with Crippen molar-refractivity contribution in [1.29, 1.82) is 0 Å². The van der Waals surface area contributed by atoms with Gasteiger partial charge in [-0.15, -0.1) is 0 Å². The lowest BCUT2D eigenvalue weighted by Crippen LogP contribution is -2.17. The molecule has 3 aromatic rings. The molecule has 136 valence electrons. The Balaban J connectivity index is 1.52. The van der Waals surface area contributed by atoms with Crippen LogP contribution in [0.3, 0.4) is 0 Å². The van der Waals surface area contributed by atoms with Gasteiger partial charge in [-0.1, -0.05) is 29.8 Å². The zero-order chi connectivity index (χ0) is 19.1. The Morgan fingerprint density at radius 3 is 2.33 bits per heavy atom. The second-order valence-corrected chi connectivity index (χ2v) is 6.09. The van der Waals surface area contributed by atoms with Gasteiger partial charge in [0, 0.05) is 5.56 Å². The van der Waals surface area contributed by atoms with Crippen LogP contribution in [0.25, 0.3) is 0 Å². The number of carbonyl (C=O) groups excluding carboxylic acids is 1. The van der Waals surface area contributed by atoms with E-state index in [1.54, 1.807) is 36.4 Å². The Hall–Kier alpha value is -3.60. The third-order valence-corrected chi connectivity index (χ3v) is 3.92. The van der Waals surface area contributed by atoms with E-state index in [0.717, 1.165) is 16.9 Å². The Morgan fingerprint density at radius 1 is 1.00 bits per heavy atom. The van der Waals surface area contributed by atoms with E-state index in [4.69, 9.17) is 4.74 Å². The number of hydrogen-bond donors (Lipinski definition) is 2. The van der Waals surface area contributed by atoms with Crippen LogP contribution in [0.5, 0.6) is 11.5 Å². The summed E-state index contributed by atoms with van der Waals surface area (Å²) >= 11 is 0. The van der Waals surface area contributed by atoms with Crippen LogP contribution in [0.15, 0.2) is 77.9 Å². The standard InChI is InChI=1S/C22H20N2O3/c1-16-2-12-21(13-3-16)27-15-18-4-8-19(9-5-18)22(26)24-23-14-17-6-10-20(25)11-7-17/h2-14,25H,15H2,1H3,(H,24,26)/b23-14-. The van der Waals surface area contributed by atoms with E-state index in [9.17, 15) is 9.90 Å². The van der Waals surface area contributed by atoms with Crippen molar-refractivity contribution in [2.24, 2.45) is 5.10 Å². The summed E-state index contributed by atoms with van der Waals surface area (Å²) in [5.74, 6) is 0.699. The zero-order valence-electron chi connectivity index (χ0n) is 14.9. The van der Waals surface area contributed by atoms with Gasteiger partial charge in [0.25, 0.3) is 5.91 Å². The topological polar surface area (TPSA) is 70.9 Å². The number of nitrogens with one attached hydrogen (secondary N) is 1. The number of ether oxygens (including phenoxy) is 1. The first kappa shape index (κ1) is 18.2. The van der Waals surface area contributed by atoms with Gasteiger partial charge >= 0.3 is 0 Å². The minimum atomic E-state index is -0.295. The van der Waals surface area contributed by atoms with Gasteiger partial charge in [-0.05, 0) is 66.6 Å². The van der Waals surface area contributed by atoms with Crippen molar-refractivity contribution in [1.82, 2.24) is 5.43 Å². The van der Waals surface area contributed by atoms with Gasteiger partial charge in [-0.3, -0.25) is 4.79 Å². The van der Waals surface area contributed by atoms with Crippen molar-refractivity contribution in [3.05, 3.63) is 95.1 Å². The molecule has 1 amide bonds. The molecule has 0 saturated carbocycles. The Bertz CT molecular complexity index is 915. The highest BCUT2D eigenvalue weighted by Gasteiger charge is 2.04. The molecule has 3 rings (SSSR count). The number of hydrogen-bond acceptors (Lipinski definition) is 4. The molecule has 2 N–H and O–H groups in total. The summed E-state index contributed by atoms with van der Waals surface area (Å²) in [4.78, 5) is 12.1. The molecule has 5 heteroatoms. The van der Waals surface area contributed by atoms with Crippen LogP contribution in [0, 0.1) is 6.92 Å². The lowest BCUT2D eigenvalue weighted by atomic mass is 10.1. The number of amides is 1. The summed E-state index contributed by atoms with van der Waals surface area (Å²) < 4.78 is 5.73. The number of rotatable bonds is 6. The van der Waals surface area contributed by atoms with Crippen LogP contribution >= 0.6 is 0 Å². The summed E-state index contributed by atoms with van der Waals surface area (Å²) in [6, 6.07) is 21.6. The normalized spacial score (nSPS) is 10.7. The lowest BCUT2D eigenvalue weighted by molar-refractivity contribution is 0.0955. The largest absolute Gasteiger partial charge is 0.508 e. The molecule has 27 heavy (non-hydrogen) atoms. The second-order valence-electron chi connectivity index (χ2n) is 6.09. The molecule has 3 aromatic carbocycles. The van der Waals surface area contributed by atoms with E-state index in [1.807, 2.05) is 43.3 Å². The average Bonchev–Trinajstić information content (AvgIpc) is 2.69. The van der Waals surface area contributed by atoms with Crippen molar-refractivity contribution >= 4 is 12.1 Å². The van der Waals surface area contributed by atoms with E-state index in [0.29, 0.717) is 12.2 Å². The van der Waals surface area contributed by atoms with E-state index in [-0.39, 0.29) is 11.7 Å². The molecular formula is C22H20N2O3. The fourth-order valence-corrected chi connectivity index (χ4v) is 2.34. The Morgan fingerprint density at radius 2 is 1.67 bits per heavy atom. The molecule has 0 radical (unpaired) electrons. The van der Waals surface area contributed by atoms with Crippen molar-refractivity contribution in [2.75, 3.05) is 0 Å². The van der Waals surface area contributed by atoms with Gasteiger partial charge < -0.3 is 9.84 Å². The van der Waals surface area contributed by atoms with Gasteiger partial charge in [0.1, 0.15) is 18.1 Å². The summed E-state index contributed by atoms with van der Waals surface area (Å²) in [7, 11) is 0. The first-order valence-corrected chi connectivity index (χ1v) is 8.51. The predicted octanol–water partition coefficient (Wildman–Crippen LogP) is 4.04. The maximum absolute atomic E-state index is 12.1. The molecule has 0 heterocycles. The highest BCUT2D eigenvalue weighted by atomic mass is 16.5. The molecule has 0 bridgehead atoms. The number of phenolic OH excluding ortho intramolecular Hbond substituents is 1. The first-order valence-electron chi connectivity index (χ1n) is 8.51. The van der Waals surface area contributed by atoms with Crippen molar-refractivity contribution in [3.63, 3.8) is 0 Å². The number of phenols is 1. The van der Waals surface area contributed by atoms with Crippen LogP contribution in [-0.2, 0) is 6.61 Å². The summed E-state index contributed by atoms with van der Waals surface area (Å²) in [5.41, 5.74) is 5.93. The van der Waals surface area contributed by atoms with Gasteiger partial charge in [0.05, 0.1) is 6.21 Å². The third kappa shape index (κ3) is 5.44. The molecule has 0 aliphatic carbocycles. The summed E-state index contributed by atoms with van der Waals surface area (Å²) in [6.07, 6.45) is 1.52. The van der Waals surface area contributed by atoms with E-state index < -0.39 is 0 Å². The van der Waals surface area contributed by atoms with Crippen LogP contribution in [-0.4, -0.2) is 17.2 Å². The maximum atomic E-state index is 12.1. The quantitative estimate of drug-likeness (QED) is 0.515. The van der Waals surface area contributed by atoms with E-state index in [2.05, 4.69) is 10.5 Å². The molecule has 0 fully saturated rings. The van der Waals surface area contributed by atoms with Gasteiger partial charge in [-0.25, -0.2) is 5.43 Å². The van der Waals surface area contributed by atoms with Gasteiger partial charge in [-0.2, -0.15) is 5.10 Å². The van der Waals surface area contributed by atoms with Gasteiger partial charge in [0.2, 0.25) is 0 Å². The van der Waals surface area contributed by atoms with Gasteiger partial charge in [0.15, 0.2) is 0 Å². The Kier molecular flexibility index (Phi) is 5.84. The summed E-state index contributed by atoms with van der Waals surface area (Å²) in [6.45, 7) is 2.46. The van der Waals surface area contributed by atoms with E-state index in [1.165, 1.54) is 11.8 Å². The SMILES string of the molecule is Cc1ccc(OCc2ccc(C(=O)N/N=C\c3ccc(O)cc3)cc2)cc1. The predicted molar refractivity (Wildman–Crippen MR) is 105 cm³/mol. The van der Waals surface area contributed by atoms with Crippen LogP contribution < -0.4 is 10.2 Å². The smallest absolute Gasteiger partial charge is 0.271 e. The molecule has 0 saturated heterocycles. The fraction of sp³-hybridized carbons (Fsp3) is 0.0909. The number of nitrogens with zero attached hydrogens (tertiary/aromatic N) is 1. The highest BCUT2D eigenvalue weighted by Crippen LogP contribution is 2.14. The lowest BCUT2D eigenvalue weighted by Gasteiger charge is -2.07. The number of carbonyl (C=O) groups is 1. The molecule has 0 aliphatic rings. The van der Waals surface area contributed by atoms with Crippen molar-refractivity contribution in [3.8, 4) is 11.5 Å². The minimum Gasteiger partial charge on any atom is -0.508 e. The monoisotopic (exact) mass is 360 g/mol. The van der Waals surface area contributed by atoms with Crippen LogP contribution in [0.2, 0.25) is 0 Å². The first-order chi connectivity index (χ1) is 13.1. The molecular weight excluding hydrogens is 340 g/mol. The maximum Gasteiger partial charge on any atom is 0.271 e. The van der Waals surface area contributed by atoms with Crippen LogP contribution in [0.4, 0.5) is 0 Å². The van der Waals surface area contributed by atoms with Crippen molar-refractivity contribution < 1.29 is 14.6 Å². The number of benzene rings is 3. The average molecular weight is 360 g/mol. The molecule has 0 aromatic heterocycles. The Labute approximate surface area is 157 Å². The zero-order valence-corrected chi connectivity index (χ0v) is 14.9. The second kappa shape index (κ2) is 8.67. The summed E-state index contributed by atoms with van der Waals surface area (Å²) in [5, 5.41) is 13.2. The molecule has 0 aliphatic heterocycles.